The average molecular weight is 313 g/mol. The number of thiophene rings is 1. The SMILES string of the molecule is Cl.Cn1ncc(Cl)c1-c1cc(C(N)=O)sc1Cl. The summed E-state index contributed by atoms with van der Waals surface area (Å²) in [6, 6.07) is 1.62. The number of aromatic nitrogens is 2. The maximum Gasteiger partial charge on any atom is 0.258 e. The molecule has 0 unspecified atom stereocenters. The molecule has 17 heavy (non-hydrogen) atoms. The van der Waals surface area contributed by atoms with Crippen LogP contribution in [-0.2, 0) is 7.05 Å². The predicted octanol–water partition coefficient (Wildman–Crippen LogP) is 2.98. The van der Waals surface area contributed by atoms with Crippen LogP contribution in [0.5, 0.6) is 0 Å². The molecule has 0 aliphatic heterocycles. The van der Waals surface area contributed by atoms with E-state index < -0.39 is 5.91 Å². The number of carbonyl (C=O) groups excluding carboxylic acids is 1. The van der Waals surface area contributed by atoms with E-state index in [-0.39, 0.29) is 12.4 Å². The Kier molecular flexibility index (Phi) is 4.43. The molecular formula is C9H8Cl3N3OS. The minimum atomic E-state index is -0.503. The lowest BCUT2D eigenvalue weighted by atomic mass is 10.2. The molecule has 1 amide bonds. The highest BCUT2D eigenvalue weighted by Crippen LogP contribution is 2.38. The molecule has 0 aromatic carbocycles. The van der Waals surface area contributed by atoms with Crippen LogP contribution in [-0.4, -0.2) is 15.7 Å². The highest BCUT2D eigenvalue weighted by atomic mass is 35.5. The number of aryl methyl sites for hydroxylation is 1. The zero-order valence-electron chi connectivity index (χ0n) is 8.61. The highest BCUT2D eigenvalue weighted by molar-refractivity contribution is 7.18. The summed E-state index contributed by atoms with van der Waals surface area (Å²) in [5, 5.41) is 4.49. The van der Waals surface area contributed by atoms with Crippen LogP contribution in [0.3, 0.4) is 0 Å². The van der Waals surface area contributed by atoms with E-state index in [1.165, 1.54) is 6.20 Å². The maximum absolute atomic E-state index is 11.0. The highest BCUT2D eigenvalue weighted by Gasteiger charge is 2.17. The van der Waals surface area contributed by atoms with Crippen LogP contribution in [0, 0.1) is 0 Å². The Labute approximate surface area is 118 Å². The number of hydrogen-bond acceptors (Lipinski definition) is 3. The van der Waals surface area contributed by atoms with Gasteiger partial charge < -0.3 is 5.73 Å². The molecule has 0 bridgehead atoms. The number of nitrogens with two attached hydrogens (primary N) is 1. The van der Waals surface area contributed by atoms with Gasteiger partial charge in [0.1, 0.15) is 4.34 Å². The van der Waals surface area contributed by atoms with Gasteiger partial charge in [-0.2, -0.15) is 5.10 Å². The van der Waals surface area contributed by atoms with Crippen molar-refractivity contribution in [3.63, 3.8) is 0 Å². The van der Waals surface area contributed by atoms with Crippen molar-refractivity contribution in [3.8, 4) is 11.3 Å². The van der Waals surface area contributed by atoms with Gasteiger partial charge in [-0.15, -0.1) is 23.7 Å². The van der Waals surface area contributed by atoms with Crippen LogP contribution in [0.15, 0.2) is 12.3 Å². The molecule has 0 saturated carbocycles. The van der Waals surface area contributed by atoms with Gasteiger partial charge in [0.25, 0.3) is 5.91 Å². The summed E-state index contributed by atoms with van der Waals surface area (Å²) in [4.78, 5) is 11.4. The Morgan fingerprint density at radius 1 is 1.53 bits per heavy atom. The Morgan fingerprint density at radius 2 is 2.18 bits per heavy atom. The summed E-state index contributed by atoms with van der Waals surface area (Å²) in [6.07, 6.45) is 1.52. The molecule has 0 spiro atoms. The van der Waals surface area contributed by atoms with Crippen molar-refractivity contribution in [2.75, 3.05) is 0 Å². The molecule has 8 heteroatoms. The van der Waals surface area contributed by atoms with Crippen LogP contribution < -0.4 is 5.73 Å². The first kappa shape index (κ1) is 14.3. The summed E-state index contributed by atoms with van der Waals surface area (Å²) < 4.78 is 2.07. The van der Waals surface area contributed by atoms with Gasteiger partial charge in [0.2, 0.25) is 0 Å². The largest absolute Gasteiger partial charge is 0.365 e. The molecule has 0 aliphatic carbocycles. The van der Waals surface area contributed by atoms with Crippen molar-refractivity contribution in [1.82, 2.24) is 9.78 Å². The van der Waals surface area contributed by atoms with Crippen molar-refractivity contribution in [2.45, 2.75) is 0 Å². The molecule has 2 N–H and O–H groups in total. The van der Waals surface area contributed by atoms with E-state index >= 15 is 0 Å². The fourth-order valence-electron chi connectivity index (χ4n) is 1.37. The number of rotatable bonds is 2. The Bertz CT molecular complexity index is 544. The lowest BCUT2D eigenvalue weighted by Crippen LogP contribution is -2.08. The second-order valence-corrected chi connectivity index (χ2v) is 5.19. The topological polar surface area (TPSA) is 60.9 Å². The molecule has 2 rings (SSSR count). The summed E-state index contributed by atoms with van der Waals surface area (Å²) in [5.74, 6) is -0.503. The van der Waals surface area contributed by atoms with Gasteiger partial charge in [-0.25, -0.2) is 0 Å². The zero-order valence-corrected chi connectivity index (χ0v) is 11.8. The molecule has 2 aromatic heterocycles. The normalized spacial score (nSPS) is 10.1. The lowest BCUT2D eigenvalue weighted by molar-refractivity contribution is 0.100. The van der Waals surface area contributed by atoms with E-state index in [4.69, 9.17) is 28.9 Å². The number of nitrogens with zero attached hydrogens (tertiary/aromatic N) is 2. The van der Waals surface area contributed by atoms with Crippen LogP contribution in [0.25, 0.3) is 11.3 Å². The molecule has 0 radical (unpaired) electrons. The van der Waals surface area contributed by atoms with Crippen LogP contribution in [0.2, 0.25) is 9.36 Å². The summed E-state index contributed by atoms with van der Waals surface area (Å²) >= 11 is 13.2. The first-order valence-electron chi connectivity index (χ1n) is 4.27. The molecule has 0 atom stereocenters. The molecule has 0 saturated heterocycles. The Hall–Kier alpha value is -0.750. The lowest BCUT2D eigenvalue weighted by Gasteiger charge is -2.00. The van der Waals surface area contributed by atoms with Crippen molar-refractivity contribution >= 4 is 52.9 Å². The van der Waals surface area contributed by atoms with Crippen molar-refractivity contribution < 1.29 is 4.79 Å². The van der Waals surface area contributed by atoms with Crippen molar-refractivity contribution in [2.24, 2.45) is 12.8 Å². The van der Waals surface area contributed by atoms with Gasteiger partial charge >= 0.3 is 0 Å². The molecule has 2 aromatic rings. The van der Waals surface area contributed by atoms with Gasteiger partial charge in [-0.05, 0) is 6.07 Å². The van der Waals surface area contributed by atoms with E-state index in [9.17, 15) is 4.79 Å². The molecule has 0 aliphatic rings. The number of halogens is 3. The fraction of sp³-hybridized carbons (Fsp3) is 0.111. The third-order valence-corrected chi connectivity index (χ3v) is 3.73. The smallest absolute Gasteiger partial charge is 0.258 e. The van der Waals surface area contributed by atoms with Crippen molar-refractivity contribution in [1.29, 1.82) is 0 Å². The molecule has 4 nitrogen and oxygen atoms in total. The zero-order chi connectivity index (χ0) is 11.9. The molecule has 0 fully saturated rings. The first-order valence-corrected chi connectivity index (χ1v) is 5.85. The van der Waals surface area contributed by atoms with Crippen LogP contribution >= 0.6 is 46.9 Å². The number of amides is 1. The quantitative estimate of drug-likeness (QED) is 0.926. The predicted molar refractivity (Wildman–Crippen MR) is 72.3 cm³/mol. The van der Waals surface area contributed by atoms with E-state index in [2.05, 4.69) is 5.10 Å². The van der Waals surface area contributed by atoms with Gasteiger partial charge in [0.05, 0.1) is 21.8 Å². The average Bonchev–Trinajstić information content (AvgIpc) is 2.71. The monoisotopic (exact) mass is 311 g/mol. The number of primary amides is 1. The van der Waals surface area contributed by atoms with Gasteiger partial charge in [0, 0.05) is 12.6 Å². The molecule has 92 valence electrons. The van der Waals surface area contributed by atoms with Gasteiger partial charge in [0.15, 0.2) is 0 Å². The third-order valence-electron chi connectivity index (χ3n) is 2.08. The van der Waals surface area contributed by atoms with E-state index in [0.29, 0.717) is 25.5 Å². The second-order valence-electron chi connectivity index (χ2n) is 3.13. The van der Waals surface area contributed by atoms with Crippen LogP contribution in [0.1, 0.15) is 9.67 Å². The summed E-state index contributed by atoms with van der Waals surface area (Å²) in [7, 11) is 1.75. The summed E-state index contributed by atoms with van der Waals surface area (Å²) in [6.45, 7) is 0. The number of hydrogen-bond donors (Lipinski definition) is 1. The fourth-order valence-corrected chi connectivity index (χ4v) is 2.76. The minimum Gasteiger partial charge on any atom is -0.365 e. The van der Waals surface area contributed by atoms with Crippen LogP contribution in [0.4, 0.5) is 0 Å². The minimum absolute atomic E-state index is 0. The third kappa shape index (κ3) is 2.57. The van der Waals surface area contributed by atoms with Gasteiger partial charge in [-0.3, -0.25) is 9.48 Å². The van der Waals surface area contributed by atoms with E-state index in [1.807, 2.05) is 0 Å². The maximum atomic E-state index is 11.0. The molecular weight excluding hydrogens is 305 g/mol. The first-order chi connectivity index (χ1) is 7.50. The van der Waals surface area contributed by atoms with E-state index in [1.54, 1.807) is 17.8 Å². The second kappa shape index (κ2) is 5.27. The van der Waals surface area contributed by atoms with Gasteiger partial charge in [-0.1, -0.05) is 23.2 Å². The molecule has 2 heterocycles. The Balaban J connectivity index is 0.00000144. The Morgan fingerprint density at radius 3 is 2.59 bits per heavy atom. The standard InChI is InChI=1S/C9H7Cl2N3OS.ClH/c1-14-7(5(10)3-13-14)4-2-6(9(12)15)16-8(4)11;/h2-3H,1H3,(H2,12,15);1H. The van der Waals surface area contributed by atoms with E-state index in [0.717, 1.165) is 11.3 Å². The van der Waals surface area contributed by atoms with Crippen molar-refractivity contribution in [3.05, 3.63) is 26.5 Å². The summed E-state index contributed by atoms with van der Waals surface area (Å²) in [5.41, 5.74) is 6.53. The number of carbonyl (C=O) groups is 1.